The molecule has 1 fully saturated rings. The van der Waals surface area contributed by atoms with Crippen LogP contribution in [0.15, 0.2) is 24.3 Å². The third-order valence-corrected chi connectivity index (χ3v) is 5.02. The lowest BCUT2D eigenvalue weighted by Gasteiger charge is -2.36. The first kappa shape index (κ1) is 14.4. The van der Waals surface area contributed by atoms with Gasteiger partial charge in [-0.05, 0) is 55.6 Å². The summed E-state index contributed by atoms with van der Waals surface area (Å²) in [6.45, 7) is 4.58. The van der Waals surface area contributed by atoms with E-state index in [0.717, 1.165) is 41.7 Å². The van der Waals surface area contributed by atoms with Crippen LogP contribution in [0.25, 0.3) is 0 Å². The van der Waals surface area contributed by atoms with E-state index in [1.807, 2.05) is 18.2 Å². The maximum Gasteiger partial charge on any atom is 0.0693 e. The minimum atomic E-state index is -0.198. The average molecular weight is 276 g/mol. The van der Waals surface area contributed by atoms with Gasteiger partial charge in [0, 0.05) is 5.02 Å². The van der Waals surface area contributed by atoms with Gasteiger partial charge >= 0.3 is 0 Å². The fourth-order valence-corrected chi connectivity index (χ4v) is 3.40. The molecule has 0 N–H and O–H groups in total. The number of benzene rings is 1. The summed E-state index contributed by atoms with van der Waals surface area (Å²) in [4.78, 5) is 0. The van der Waals surface area contributed by atoms with E-state index in [2.05, 4.69) is 26.0 Å². The zero-order valence-corrected chi connectivity index (χ0v) is 12.6. The van der Waals surface area contributed by atoms with Gasteiger partial charge in [-0.15, -0.1) is 0 Å². The van der Waals surface area contributed by atoms with Crippen LogP contribution in [0.3, 0.4) is 0 Å². The number of nitriles is 1. The predicted octanol–water partition coefficient (Wildman–Crippen LogP) is 5.24. The number of nitrogens with zero attached hydrogens (tertiary/aromatic N) is 1. The number of halogens is 1. The molecule has 0 aliphatic heterocycles. The minimum absolute atomic E-state index is 0.198. The van der Waals surface area contributed by atoms with E-state index in [0.29, 0.717) is 0 Å². The fourth-order valence-electron chi connectivity index (χ4n) is 3.19. The largest absolute Gasteiger partial charge is 0.198 e. The van der Waals surface area contributed by atoms with Gasteiger partial charge in [0.05, 0.1) is 11.5 Å². The van der Waals surface area contributed by atoms with Gasteiger partial charge in [-0.25, -0.2) is 0 Å². The lowest BCUT2D eigenvalue weighted by Crippen LogP contribution is -2.30. The summed E-state index contributed by atoms with van der Waals surface area (Å²) in [6, 6.07) is 10.5. The van der Waals surface area contributed by atoms with Gasteiger partial charge in [0.25, 0.3) is 0 Å². The van der Waals surface area contributed by atoms with E-state index in [-0.39, 0.29) is 5.41 Å². The van der Waals surface area contributed by atoms with Gasteiger partial charge in [-0.3, -0.25) is 0 Å². The fraction of sp³-hybridized carbons (Fsp3) is 0.588. The maximum atomic E-state index is 9.63. The topological polar surface area (TPSA) is 23.8 Å². The molecule has 0 radical (unpaired) electrons. The van der Waals surface area contributed by atoms with Crippen molar-refractivity contribution in [3.05, 3.63) is 34.9 Å². The monoisotopic (exact) mass is 275 g/mol. The summed E-state index contributed by atoms with van der Waals surface area (Å²) >= 11 is 6.23. The molecular weight excluding hydrogens is 254 g/mol. The summed E-state index contributed by atoms with van der Waals surface area (Å²) < 4.78 is 0. The van der Waals surface area contributed by atoms with E-state index >= 15 is 0 Å². The minimum Gasteiger partial charge on any atom is -0.198 e. The molecule has 19 heavy (non-hydrogen) atoms. The predicted molar refractivity (Wildman–Crippen MR) is 80.0 cm³/mol. The second-order valence-electron chi connectivity index (χ2n) is 6.24. The van der Waals surface area contributed by atoms with Crippen LogP contribution in [0, 0.1) is 28.6 Å². The molecule has 0 atom stereocenters. The third kappa shape index (κ3) is 3.31. The van der Waals surface area contributed by atoms with Crippen molar-refractivity contribution < 1.29 is 0 Å². The molecule has 0 aromatic heterocycles. The van der Waals surface area contributed by atoms with Crippen LogP contribution in [0.1, 0.15) is 45.1 Å². The SMILES string of the molecule is CC(C)C1CCC(C#N)(Cc2ccccc2Cl)CC1. The van der Waals surface area contributed by atoms with Crippen LogP contribution in [-0.2, 0) is 6.42 Å². The van der Waals surface area contributed by atoms with E-state index in [9.17, 15) is 5.26 Å². The van der Waals surface area contributed by atoms with Crippen LogP contribution in [0.2, 0.25) is 5.02 Å². The summed E-state index contributed by atoms with van der Waals surface area (Å²) in [7, 11) is 0. The van der Waals surface area contributed by atoms with Crippen LogP contribution in [-0.4, -0.2) is 0 Å². The normalized spacial score (nSPS) is 27.2. The quantitative estimate of drug-likeness (QED) is 0.740. The lowest BCUT2D eigenvalue weighted by atomic mass is 9.66. The molecule has 0 saturated heterocycles. The highest BCUT2D eigenvalue weighted by Crippen LogP contribution is 2.43. The van der Waals surface area contributed by atoms with E-state index in [1.54, 1.807) is 0 Å². The Hall–Kier alpha value is -1.00. The van der Waals surface area contributed by atoms with Gasteiger partial charge in [0.15, 0.2) is 0 Å². The van der Waals surface area contributed by atoms with Gasteiger partial charge in [0.1, 0.15) is 0 Å². The number of rotatable bonds is 3. The molecule has 1 saturated carbocycles. The van der Waals surface area contributed by atoms with Crippen molar-refractivity contribution in [1.29, 1.82) is 5.26 Å². The first-order chi connectivity index (χ1) is 9.06. The Kier molecular flexibility index (Phi) is 4.53. The van der Waals surface area contributed by atoms with Crippen molar-refractivity contribution in [2.24, 2.45) is 17.3 Å². The molecule has 102 valence electrons. The Balaban J connectivity index is 2.10. The van der Waals surface area contributed by atoms with Crippen molar-refractivity contribution in [2.75, 3.05) is 0 Å². The maximum absolute atomic E-state index is 9.63. The van der Waals surface area contributed by atoms with Crippen molar-refractivity contribution in [3.8, 4) is 6.07 Å². The second kappa shape index (κ2) is 5.97. The molecule has 1 aromatic carbocycles. The first-order valence-corrected chi connectivity index (χ1v) is 7.59. The molecule has 0 unspecified atom stereocenters. The van der Waals surface area contributed by atoms with Gasteiger partial charge < -0.3 is 0 Å². The smallest absolute Gasteiger partial charge is 0.0693 e. The molecule has 0 amide bonds. The molecule has 1 nitrogen and oxygen atoms in total. The highest BCUT2D eigenvalue weighted by molar-refractivity contribution is 6.31. The molecule has 1 aliphatic rings. The second-order valence-corrected chi connectivity index (χ2v) is 6.65. The Bertz CT molecular complexity index is 464. The van der Waals surface area contributed by atoms with Gasteiger partial charge in [-0.2, -0.15) is 5.26 Å². The molecule has 0 spiro atoms. The lowest BCUT2D eigenvalue weighted by molar-refractivity contribution is 0.175. The van der Waals surface area contributed by atoms with Crippen molar-refractivity contribution >= 4 is 11.6 Å². The van der Waals surface area contributed by atoms with Crippen LogP contribution < -0.4 is 0 Å². The molecule has 1 aliphatic carbocycles. The van der Waals surface area contributed by atoms with E-state index in [1.165, 1.54) is 12.8 Å². The van der Waals surface area contributed by atoms with Gasteiger partial charge in [-0.1, -0.05) is 43.6 Å². The van der Waals surface area contributed by atoms with Crippen LogP contribution in [0.4, 0.5) is 0 Å². The molecule has 2 heteroatoms. The third-order valence-electron chi connectivity index (χ3n) is 4.65. The number of hydrogen-bond acceptors (Lipinski definition) is 1. The van der Waals surface area contributed by atoms with Crippen molar-refractivity contribution in [3.63, 3.8) is 0 Å². The summed E-state index contributed by atoms with van der Waals surface area (Å²) in [6.07, 6.45) is 5.18. The molecule has 0 bridgehead atoms. The number of hydrogen-bond donors (Lipinski definition) is 0. The van der Waals surface area contributed by atoms with Crippen LogP contribution in [0.5, 0.6) is 0 Å². The Morgan fingerprint density at radius 1 is 1.32 bits per heavy atom. The van der Waals surface area contributed by atoms with Crippen LogP contribution >= 0.6 is 11.6 Å². The zero-order chi connectivity index (χ0) is 13.9. The highest BCUT2D eigenvalue weighted by atomic mass is 35.5. The average Bonchev–Trinajstić information content (AvgIpc) is 2.42. The Labute approximate surface area is 121 Å². The summed E-state index contributed by atoms with van der Waals surface area (Å²) in [5.74, 6) is 1.52. The summed E-state index contributed by atoms with van der Waals surface area (Å²) in [5.41, 5.74) is 0.921. The molecule has 0 heterocycles. The van der Waals surface area contributed by atoms with Crippen molar-refractivity contribution in [2.45, 2.75) is 46.0 Å². The van der Waals surface area contributed by atoms with E-state index < -0.39 is 0 Å². The van der Waals surface area contributed by atoms with E-state index in [4.69, 9.17) is 11.6 Å². The standard InChI is InChI=1S/C17H22ClN/c1-13(2)14-7-9-17(12-19,10-8-14)11-15-5-3-4-6-16(15)18/h3-6,13-14H,7-11H2,1-2H3. The zero-order valence-electron chi connectivity index (χ0n) is 11.8. The molecule has 1 aromatic rings. The van der Waals surface area contributed by atoms with Gasteiger partial charge in [0.2, 0.25) is 0 Å². The molecule has 2 rings (SSSR count). The van der Waals surface area contributed by atoms with Crippen molar-refractivity contribution in [1.82, 2.24) is 0 Å². The summed E-state index contributed by atoms with van der Waals surface area (Å²) in [5, 5.41) is 10.4. The first-order valence-electron chi connectivity index (χ1n) is 7.21. The Morgan fingerprint density at radius 2 is 1.95 bits per heavy atom. The molecular formula is C17H22ClN. The Morgan fingerprint density at radius 3 is 2.47 bits per heavy atom. The highest BCUT2D eigenvalue weighted by Gasteiger charge is 2.36.